The normalized spacial score (nSPS) is 9.50. The number of non-ortho nitro benzene ring substituents is 1. The summed E-state index contributed by atoms with van der Waals surface area (Å²) in [6.07, 6.45) is 0. The molecule has 0 bridgehead atoms. The van der Waals surface area contributed by atoms with E-state index in [0.717, 1.165) is 0 Å². The molecule has 5 nitrogen and oxygen atoms in total. The summed E-state index contributed by atoms with van der Waals surface area (Å²) in [6, 6.07) is 6.32. The molecule has 7 heteroatoms. The lowest BCUT2D eigenvalue weighted by molar-refractivity contribution is -0.384. The van der Waals surface area contributed by atoms with E-state index in [2.05, 4.69) is 4.98 Å². The average Bonchev–Trinajstić information content (AvgIpc) is 2.65. The van der Waals surface area contributed by atoms with Gasteiger partial charge >= 0.3 is 0 Å². The molecule has 0 unspecified atom stereocenters. The molecule has 0 atom stereocenters. The van der Waals surface area contributed by atoms with Crippen molar-refractivity contribution in [3.63, 3.8) is 0 Å². The first-order valence-electron chi connectivity index (χ1n) is 4.12. The number of nitro groups is 1. The molecule has 1 aromatic carbocycles. The minimum atomic E-state index is -0.431. The van der Waals surface area contributed by atoms with Gasteiger partial charge in [0.1, 0.15) is 0 Å². The van der Waals surface area contributed by atoms with Crippen molar-refractivity contribution in [2.24, 2.45) is 0 Å². The second-order valence-electron chi connectivity index (χ2n) is 2.88. The maximum Gasteiger partial charge on any atom is 0.270 e. The molecule has 16 heavy (non-hydrogen) atoms. The van der Waals surface area contributed by atoms with E-state index in [1.807, 2.05) is 0 Å². The van der Waals surface area contributed by atoms with Gasteiger partial charge in [0, 0.05) is 23.1 Å². The van der Waals surface area contributed by atoms with Crippen LogP contribution in [0.3, 0.4) is 0 Å². The second kappa shape index (κ2) is 4.91. The van der Waals surface area contributed by atoms with E-state index in [1.54, 1.807) is 17.5 Å². The Morgan fingerprint density at radius 1 is 1.44 bits per heavy atom. The quantitative estimate of drug-likeness (QED) is 0.662. The Hall–Kier alpha value is -1.66. The summed E-state index contributed by atoms with van der Waals surface area (Å²) >= 11 is 1.31. The molecule has 0 aliphatic heterocycles. The minimum Gasteiger partial charge on any atom is -0.375 e. The highest BCUT2D eigenvalue weighted by Crippen LogP contribution is 2.25. The van der Waals surface area contributed by atoms with E-state index < -0.39 is 4.92 Å². The van der Waals surface area contributed by atoms with Crippen molar-refractivity contribution in [2.75, 3.05) is 5.73 Å². The number of nitrogens with zero attached hydrogens (tertiary/aromatic N) is 2. The van der Waals surface area contributed by atoms with Gasteiger partial charge in [0.2, 0.25) is 0 Å². The monoisotopic (exact) mass is 257 g/mol. The van der Waals surface area contributed by atoms with Crippen molar-refractivity contribution in [2.45, 2.75) is 0 Å². The number of hydrogen-bond acceptors (Lipinski definition) is 5. The number of aromatic nitrogens is 1. The fourth-order valence-corrected chi connectivity index (χ4v) is 1.77. The maximum absolute atomic E-state index is 10.6. The lowest BCUT2D eigenvalue weighted by Crippen LogP contribution is -1.88. The van der Waals surface area contributed by atoms with Gasteiger partial charge in [0.05, 0.1) is 10.6 Å². The Kier molecular flexibility index (Phi) is 3.81. The van der Waals surface area contributed by atoms with Crippen LogP contribution in [0.1, 0.15) is 0 Å². The van der Waals surface area contributed by atoms with E-state index in [9.17, 15) is 10.1 Å². The van der Waals surface area contributed by atoms with Crippen LogP contribution in [-0.4, -0.2) is 9.91 Å². The van der Waals surface area contributed by atoms with Crippen LogP contribution in [0.4, 0.5) is 10.8 Å². The van der Waals surface area contributed by atoms with Crippen molar-refractivity contribution in [3.8, 4) is 11.3 Å². The highest BCUT2D eigenvalue weighted by Gasteiger charge is 2.08. The second-order valence-corrected chi connectivity index (χ2v) is 3.77. The number of nitro benzene ring substituents is 1. The molecule has 0 saturated heterocycles. The van der Waals surface area contributed by atoms with Gasteiger partial charge < -0.3 is 5.73 Å². The molecule has 2 aromatic rings. The SMILES string of the molecule is Cl.Nc1nc(-c2cccc([N+](=O)[O-])c2)cs1. The molecular weight excluding hydrogens is 250 g/mol. The number of halogens is 1. The molecule has 0 aliphatic rings. The van der Waals surface area contributed by atoms with E-state index in [1.165, 1.54) is 23.5 Å². The van der Waals surface area contributed by atoms with Gasteiger partial charge in [-0.3, -0.25) is 10.1 Å². The topological polar surface area (TPSA) is 82.0 Å². The molecule has 2 rings (SSSR count). The summed E-state index contributed by atoms with van der Waals surface area (Å²) in [5.41, 5.74) is 6.92. The van der Waals surface area contributed by atoms with Crippen LogP contribution in [-0.2, 0) is 0 Å². The lowest BCUT2D eigenvalue weighted by Gasteiger charge is -1.95. The third kappa shape index (κ3) is 2.47. The van der Waals surface area contributed by atoms with Gasteiger partial charge in [-0.25, -0.2) is 4.98 Å². The van der Waals surface area contributed by atoms with Crippen LogP contribution in [0.2, 0.25) is 0 Å². The average molecular weight is 258 g/mol. The Labute approximate surface area is 101 Å². The van der Waals surface area contributed by atoms with E-state index >= 15 is 0 Å². The standard InChI is InChI=1S/C9H7N3O2S.ClH/c10-9-11-8(5-15-9)6-2-1-3-7(4-6)12(13)14;/h1-5H,(H2,10,11);1H. The number of nitrogens with two attached hydrogens (primary N) is 1. The Morgan fingerprint density at radius 3 is 2.75 bits per heavy atom. The number of nitrogen functional groups attached to an aromatic ring is 1. The third-order valence-electron chi connectivity index (χ3n) is 1.87. The summed E-state index contributed by atoms with van der Waals surface area (Å²) in [5, 5.41) is 12.8. The van der Waals surface area contributed by atoms with Gasteiger partial charge in [-0.15, -0.1) is 23.7 Å². The summed E-state index contributed by atoms with van der Waals surface area (Å²) < 4.78 is 0. The van der Waals surface area contributed by atoms with Crippen molar-refractivity contribution >= 4 is 34.6 Å². The lowest BCUT2D eigenvalue weighted by atomic mass is 10.1. The van der Waals surface area contributed by atoms with Crippen molar-refractivity contribution in [1.82, 2.24) is 4.98 Å². The number of hydrogen-bond donors (Lipinski definition) is 1. The summed E-state index contributed by atoms with van der Waals surface area (Å²) in [5.74, 6) is 0. The Morgan fingerprint density at radius 2 is 2.19 bits per heavy atom. The minimum absolute atomic E-state index is 0. The molecular formula is C9H8ClN3O2S. The van der Waals surface area contributed by atoms with E-state index in [4.69, 9.17) is 5.73 Å². The summed E-state index contributed by atoms with van der Waals surface area (Å²) in [6.45, 7) is 0. The largest absolute Gasteiger partial charge is 0.375 e. The zero-order valence-electron chi connectivity index (χ0n) is 7.99. The first-order chi connectivity index (χ1) is 7.16. The van der Waals surface area contributed by atoms with Crippen LogP contribution in [0.25, 0.3) is 11.3 Å². The van der Waals surface area contributed by atoms with Gasteiger partial charge in [-0.2, -0.15) is 0 Å². The van der Waals surface area contributed by atoms with Crippen LogP contribution in [0.5, 0.6) is 0 Å². The molecule has 84 valence electrons. The van der Waals surface area contributed by atoms with Crippen LogP contribution >= 0.6 is 23.7 Å². The van der Waals surface area contributed by atoms with E-state index in [-0.39, 0.29) is 18.1 Å². The number of anilines is 1. The molecule has 0 fully saturated rings. The highest BCUT2D eigenvalue weighted by molar-refractivity contribution is 7.13. The Balaban J connectivity index is 0.00000128. The molecule has 2 N–H and O–H groups in total. The maximum atomic E-state index is 10.6. The Bertz CT molecular complexity index is 515. The van der Waals surface area contributed by atoms with Gasteiger partial charge in [0.15, 0.2) is 5.13 Å². The van der Waals surface area contributed by atoms with Crippen LogP contribution in [0.15, 0.2) is 29.6 Å². The molecule has 1 heterocycles. The molecule has 0 amide bonds. The highest BCUT2D eigenvalue weighted by atomic mass is 35.5. The van der Waals surface area contributed by atoms with Crippen molar-refractivity contribution in [1.29, 1.82) is 0 Å². The van der Waals surface area contributed by atoms with Crippen LogP contribution < -0.4 is 5.73 Å². The summed E-state index contributed by atoms with van der Waals surface area (Å²) in [4.78, 5) is 14.2. The fraction of sp³-hybridized carbons (Fsp3) is 0. The van der Waals surface area contributed by atoms with Crippen molar-refractivity contribution in [3.05, 3.63) is 39.8 Å². The van der Waals surface area contributed by atoms with Crippen LogP contribution in [0, 0.1) is 10.1 Å². The molecule has 1 aromatic heterocycles. The van der Waals surface area contributed by atoms with E-state index in [0.29, 0.717) is 16.4 Å². The zero-order chi connectivity index (χ0) is 10.8. The number of thiazole rings is 1. The summed E-state index contributed by atoms with van der Waals surface area (Å²) in [7, 11) is 0. The van der Waals surface area contributed by atoms with Gasteiger partial charge in [0.25, 0.3) is 5.69 Å². The first-order valence-corrected chi connectivity index (χ1v) is 5.00. The fourth-order valence-electron chi connectivity index (χ4n) is 1.20. The van der Waals surface area contributed by atoms with Crippen molar-refractivity contribution < 1.29 is 4.92 Å². The zero-order valence-corrected chi connectivity index (χ0v) is 9.62. The van der Waals surface area contributed by atoms with Gasteiger partial charge in [-0.1, -0.05) is 12.1 Å². The number of benzene rings is 1. The molecule has 0 spiro atoms. The molecule has 0 radical (unpaired) electrons. The predicted octanol–water partition coefficient (Wildman–Crippen LogP) is 2.72. The smallest absolute Gasteiger partial charge is 0.270 e. The first kappa shape index (κ1) is 12.4. The number of rotatable bonds is 2. The molecule has 0 aliphatic carbocycles. The molecule has 0 saturated carbocycles. The third-order valence-corrected chi connectivity index (χ3v) is 2.55. The van der Waals surface area contributed by atoms with Gasteiger partial charge in [-0.05, 0) is 0 Å². The predicted molar refractivity (Wildman–Crippen MR) is 65.9 cm³/mol.